The van der Waals surface area contributed by atoms with Gasteiger partial charge in [0, 0.05) is 26.9 Å². The summed E-state index contributed by atoms with van der Waals surface area (Å²) in [5.74, 6) is -1.06. The van der Waals surface area contributed by atoms with Gasteiger partial charge in [0.1, 0.15) is 5.60 Å². The number of methoxy groups -OCH3 is 1. The Bertz CT molecular complexity index is 369. The van der Waals surface area contributed by atoms with Crippen LogP contribution in [0.3, 0.4) is 0 Å². The molecule has 1 saturated heterocycles. The maximum absolute atomic E-state index is 11.3. The Morgan fingerprint density at radius 1 is 1.25 bits per heavy atom. The van der Waals surface area contributed by atoms with Crippen molar-refractivity contribution in [1.82, 2.24) is 0 Å². The fourth-order valence-corrected chi connectivity index (χ4v) is 2.87. The van der Waals surface area contributed by atoms with E-state index in [0.29, 0.717) is 6.42 Å². The van der Waals surface area contributed by atoms with Crippen molar-refractivity contribution in [2.75, 3.05) is 7.11 Å². The Kier molecular flexibility index (Phi) is 5.53. The highest BCUT2D eigenvalue weighted by molar-refractivity contribution is 5.67. The van der Waals surface area contributed by atoms with Crippen molar-refractivity contribution in [2.24, 2.45) is 5.92 Å². The van der Waals surface area contributed by atoms with E-state index in [1.807, 2.05) is 20.8 Å². The zero-order valence-corrected chi connectivity index (χ0v) is 13.0. The normalized spacial score (nSPS) is 34.6. The van der Waals surface area contributed by atoms with Gasteiger partial charge in [-0.2, -0.15) is 0 Å². The fourth-order valence-electron chi connectivity index (χ4n) is 2.87. The summed E-state index contributed by atoms with van der Waals surface area (Å²) in [7, 11) is 1.60. The summed E-state index contributed by atoms with van der Waals surface area (Å²) in [5, 5.41) is 0. The van der Waals surface area contributed by atoms with E-state index in [2.05, 4.69) is 0 Å². The molecule has 1 aliphatic rings. The van der Waals surface area contributed by atoms with Crippen molar-refractivity contribution in [2.45, 2.75) is 65.1 Å². The third-order valence-corrected chi connectivity index (χ3v) is 4.05. The molecule has 6 nitrogen and oxygen atoms in total. The molecular weight excluding hydrogens is 264 g/mol. The Hall–Kier alpha value is -1.14. The minimum Gasteiger partial charge on any atom is -0.455 e. The summed E-state index contributed by atoms with van der Waals surface area (Å²) in [6, 6.07) is 0. The minimum absolute atomic E-state index is 0.157. The Balaban J connectivity index is 3.07. The molecule has 0 N–H and O–H groups in total. The third-order valence-electron chi connectivity index (χ3n) is 4.05. The molecular formula is C14H24O6. The third kappa shape index (κ3) is 3.12. The number of rotatable bonds is 5. The van der Waals surface area contributed by atoms with Gasteiger partial charge in [-0.05, 0) is 13.3 Å². The lowest BCUT2D eigenvalue weighted by Crippen LogP contribution is -2.47. The Morgan fingerprint density at radius 3 is 2.20 bits per heavy atom. The zero-order valence-electron chi connectivity index (χ0n) is 13.0. The summed E-state index contributed by atoms with van der Waals surface area (Å²) < 4.78 is 21.8. The van der Waals surface area contributed by atoms with Crippen molar-refractivity contribution >= 4 is 11.9 Å². The molecule has 0 saturated carbocycles. The van der Waals surface area contributed by atoms with E-state index in [-0.39, 0.29) is 12.0 Å². The first-order valence-corrected chi connectivity index (χ1v) is 6.83. The molecule has 20 heavy (non-hydrogen) atoms. The maximum atomic E-state index is 11.3. The fraction of sp³-hybridized carbons (Fsp3) is 0.857. The largest absolute Gasteiger partial charge is 0.455 e. The predicted octanol–water partition coefficient (Wildman–Crippen LogP) is 1.66. The van der Waals surface area contributed by atoms with Gasteiger partial charge >= 0.3 is 11.9 Å². The molecule has 0 bridgehead atoms. The van der Waals surface area contributed by atoms with E-state index in [4.69, 9.17) is 18.9 Å². The van der Waals surface area contributed by atoms with E-state index in [1.165, 1.54) is 13.8 Å². The number of ether oxygens (including phenoxy) is 4. The van der Waals surface area contributed by atoms with E-state index in [1.54, 1.807) is 7.11 Å². The Morgan fingerprint density at radius 2 is 1.80 bits per heavy atom. The molecule has 0 spiro atoms. The molecule has 2 unspecified atom stereocenters. The monoisotopic (exact) mass is 288 g/mol. The molecule has 0 aromatic carbocycles. The topological polar surface area (TPSA) is 71.1 Å². The quantitative estimate of drug-likeness (QED) is 0.716. The van der Waals surface area contributed by atoms with Crippen molar-refractivity contribution in [3.63, 3.8) is 0 Å². The minimum atomic E-state index is -0.899. The van der Waals surface area contributed by atoms with E-state index < -0.39 is 29.9 Å². The highest BCUT2D eigenvalue weighted by Crippen LogP contribution is 2.44. The molecule has 1 rings (SSSR count). The van der Waals surface area contributed by atoms with E-state index >= 15 is 0 Å². The van der Waals surface area contributed by atoms with Gasteiger partial charge in [0.2, 0.25) is 6.29 Å². The molecule has 6 heteroatoms. The first-order chi connectivity index (χ1) is 9.28. The number of carbonyl (C=O) groups excluding carboxylic acids is 2. The lowest BCUT2D eigenvalue weighted by atomic mass is 9.81. The average molecular weight is 288 g/mol. The van der Waals surface area contributed by atoms with Crippen molar-refractivity contribution < 1.29 is 28.5 Å². The van der Waals surface area contributed by atoms with Crippen molar-refractivity contribution in [3.8, 4) is 0 Å². The summed E-state index contributed by atoms with van der Waals surface area (Å²) in [6.45, 7) is 8.39. The standard InChI is InChI=1S/C14H24O6/c1-7-14(9(3)17-6)8(2)12(18-10(4)15)13(20-14)19-11(5)16/h8-9,12-13H,7H2,1-6H3/t8-,9?,12+,13?,14-/m0/s1. The lowest BCUT2D eigenvalue weighted by molar-refractivity contribution is -0.218. The summed E-state index contributed by atoms with van der Waals surface area (Å²) in [5.41, 5.74) is -0.658. The van der Waals surface area contributed by atoms with E-state index in [0.717, 1.165) is 0 Å². The summed E-state index contributed by atoms with van der Waals surface area (Å²) >= 11 is 0. The van der Waals surface area contributed by atoms with Gasteiger partial charge in [0.25, 0.3) is 0 Å². The molecule has 116 valence electrons. The van der Waals surface area contributed by atoms with Crippen LogP contribution in [0.25, 0.3) is 0 Å². The molecule has 0 radical (unpaired) electrons. The van der Waals surface area contributed by atoms with E-state index in [9.17, 15) is 9.59 Å². The van der Waals surface area contributed by atoms with Gasteiger partial charge in [0.05, 0.1) is 6.10 Å². The van der Waals surface area contributed by atoms with Gasteiger partial charge in [-0.25, -0.2) is 0 Å². The van der Waals surface area contributed by atoms with Gasteiger partial charge in [-0.1, -0.05) is 13.8 Å². The molecule has 5 atom stereocenters. The van der Waals surface area contributed by atoms with Gasteiger partial charge < -0.3 is 18.9 Å². The molecule has 1 heterocycles. The van der Waals surface area contributed by atoms with Gasteiger partial charge in [-0.15, -0.1) is 0 Å². The predicted molar refractivity (Wildman–Crippen MR) is 70.9 cm³/mol. The first-order valence-electron chi connectivity index (χ1n) is 6.83. The molecule has 0 aromatic heterocycles. The van der Waals surface area contributed by atoms with Crippen LogP contribution in [0.4, 0.5) is 0 Å². The second-order valence-corrected chi connectivity index (χ2v) is 5.14. The molecule has 0 aliphatic carbocycles. The molecule has 1 aliphatic heterocycles. The van der Waals surface area contributed by atoms with Crippen LogP contribution in [-0.2, 0) is 28.5 Å². The highest BCUT2D eigenvalue weighted by Gasteiger charge is 2.57. The van der Waals surface area contributed by atoms with Crippen LogP contribution in [0.5, 0.6) is 0 Å². The molecule has 1 fully saturated rings. The second-order valence-electron chi connectivity index (χ2n) is 5.14. The average Bonchev–Trinajstić information content (AvgIpc) is 2.62. The van der Waals surface area contributed by atoms with Crippen LogP contribution in [0.1, 0.15) is 41.0 Å². The van der Waals surface area contributed by atoms with Crippen LogP contribution in [0.15, 0.2) is 0 Å². The second kappa shape index (κ2) is 6.54. The van der Waals surface area contributed by atoms with Crippen LogP contribution in [0.2, 0.25) is 0 Å². The van der Waals surface area contributed by atoms with Crippen molar-refractivity contribution in [3.05, 3.63) is 0 Å². The van der Waals surface area contributed by atoms with Crippen LogP contribution in [-0.4, -0.2) is 43.1 Å². The van der Waals surface area contributed by atoms with Gasteiger partial charge in [0.15, 0.2) is 6.10 Å². The Labute approximate surface area is 119 Å². The first kappa shape index (κ1) is 16.9. The van der Waals surface area contributed by atoms with Gasteiger partial charge in [-0.3, -0.25) is 9.59 Å². The van der Waals surface area contributed by atoms with Crippen LogP contribution >= 0.6 is 0 Å². The zero-order chi connectivity index (χ0) is 15.5. The number of esters is 2. The number of hydrogen-bond acceptors (Lipinski definition) is 6. The van der Waals surface area contributed by atoms with Crippen LogP contribution in [0, 0.1) is 5.92 Å². The summed E-state index contributed by atoms with van der Waals surface area (Å²) in [4.78, 5) is 22.5. The number of hydrogen-bond donors (Lipinski definition) is 0. The van der Waals surface area contributed by atoms with Crippen molar-refractivity contribution in [1.29, 1.82) is 0 Å². The molecule has 0 amide bonds. The number of carbonyl (C=O) groups is 2. The maximum Gasteiger partial charge on any atom is 0.305 e. The summed E-state index contributed by atoms with van der Waals surface area (Å²) in [6.07, 6.45) is -1.10. The SMILES string of the molecule is CC[C@]1(C(C)OC)OC(OC(C)=O)[C@H](OC(C)=O)[C@@H]1C. The molecule has 0 aromatic rings. The van der Waals surface area contributed by atoms with Crippen LogP contribution < -0.4 is 0 Å². The lowest BCUT2D eigenvalue weighted by Gasteiger charge is -2.36. The highest BCUT2D eigenvalue weighted by atomic mass is 16.7. The smallest absolute Gasteiger partial charge is 0.305 e.